The molecule has 0 radical (unpaired) electrons. The number of hydrogen-bond acceptors (Lipinski definition) is 8. The summed E-state index contributed by atoms with van der Waals surface area (Å²) in [7, 11) is -4.09. The van der Waals surface area contributed by atoms with Gasteiger partial charge in [-0.2, -0.15) is 0 Å². The number of esters is 1. The molecule has 0 N–H and O–H groups in total. The molecule has 2 unspecified atom stereocenters. The van der Waals surface area contributed by atoms with Crippen LogP contribution in [0.4, 0.5) is 0 Å². The van der Waals surface area contributed by atoms with E-state index in [1.165, 1.54) is 6.08 Å². The number of fused-ring (bicyclic) bond motifs is 1. The van der Waals surface area contributed by atoms with E-state index in [1.807, 2.05) is 36.4 Å². The van der Waals surface area contributed by atoms with E-state index in [2.05, 4.69) is 0 Å². The van der Waals surface area contributed by atoms with Crippen LogP contribution in [0.2, 0.25) is 0 Å². The summed E-state index contributed by atoms with van der Waals surface area (Å²) >= 11 is 0. The molecule has 40 heavy (non-hydrogen) atoms. The number of rotatable bonds is 13. The zero-order valence-electron chi connectivity index (χ0n) is 22.8. The van der Waals surface area contributed by atoms with Gasteiger partial charge in [-0.1, -0.05) is 72.8 Å². The van der Waals surface area contributed by atoms with E-state index in [4.69, 9.17) is 23.0 Å². The number of carbonyl (C=O) groups is 2. The molecule has 210 valence electrons. The highest BCUT2D eigenvalue weighted by Crippen LogP contribution is 2.55. The molecule has 3 aromatic rings. The zero-order valence-corrected chi connectivity index (χ0v) is 23.7. The van der Waals surface area contributed by atoms with Crippen LogP contribution in [0.25, 0.3) is 5.76 Å². The van der Waals surface area contributed by atoms with Gasteiger partial charge in [-0.25, -0.2) is 9.36 Å². The molecule has 0 bridgehead atoms. The predicted octanol–water partition coefficient (Wildman–Crippen LogP) is 6.52. The first-order chi connectivity index (χ1) is 19.4. The molecule has 1 aliphatic rings. The fourth-order valence-electron chi connectivity index (χ4n) is 4.67. The average molecular weight is 565 g/mol. The summed E-state index contributed by atoms with van der Waals surface area (Å²) in [6.07, 6.45) is 1.41. The van der Waals surface area contributed by atoms with Gasteiger partial charge in [0.05, 0.1) is 31.3 Å². The van der Waals surface area contributed by atoms with Gasteiger partial charge in [-0.15, -0.1) is 0 Å². The fourth-order valence-corrected chi connectivity index (χ4v) is 5.87. The lowest BCUT2D eigenvalue weighted by Crippen LogP contribution is -2.53. The molecule has 0 saturated heterocycles. The Kier molecular flexibility index (Phi) is 9.58. The first kappa shape index (κ1) is 29.3. The maximum Gasteiger partial charge on any atom is 0.530 e. The molecule has 4 rings (SSSR count). The van der Waals surface area contributed by atoms with Crippen LogP contribution in [0.15, 0.2) is 91.0 Å². The van der Waals surface area contributed by atoms with Gasteiger partial charge >= 0.3 is 13.8 Å². The molecule has 8 nitrogen and oxygen atoms in total. The summed E-state index contributed by atoms with van der Waals surface area (Å²) in [5, 5.41) is 0. The van der Waals surface area contributed by atoms with Crippen LogP contribution < -0.4 is 4.74 Å². The number of hydrogen-bond donors (Lipinski definition) is 0. The summed E-state index contributed by atoms with van der Waals surface area (Å²) in [4.78, 5) is 28.1. The van der Waals surface area contributed by atoms with Crippen molar-refractivity contribution in [2.75, 3.05) is 19.8 Å². The molecule has 9 heteroatoms. The van der Waals surface area contributed by atoms with Crippen molar-refractivity contribution in [1.29, 1.82) is 0 Å². The Bertz CT molecular complexity index is 1380. The molecule has 0 fully saturated rings. The van der Waals surface area contributed by atoms with Crippen molar-refractivity contribution in [2.45, 2.75) is 38.7 Å². The molecule has 0 aromatic heterocycles. The number of benzene rings is 3. The first-order valence-corrected chi connectivity index (χ1v) is 14.7. The normalized spacial score (nSPS) is 17.1. The Morgan fingerprint density at radius 1 is 0.825 bits per heavy atom. The fraction of sp³-hybridized carbons (Fsp3) is 0.290. The summed E-state index contributed by atoms with van der Waals surface area (Å²) in [6, 6.07) is 25.0. The van der Waals surface area contributed by atoms with Crippen molar-refractivity contribution < 1.29 is 37.2 Å². The van der Waals surface area contributed by atoms with E-state index in [-0.39, 0.29) is 43.5 Å². The number of phosphoric acid groups is 1. The van der Waals surface area contributed by atoms with Crippen molar-refractivity contribution in [2.24, 2.45) is 0 Å². The smallest absolute Gasteiger partial charge is 0.469 e. The molecule has 1 aliphatic heterocycles. The van der Waals surface area contributed by atoms with Gasteiger partial charge < -0.3 is 14.0 Å². The van der Waals surface area contributed by atoms with Crippen molar-refractivity contribution in [1.82, 2.24) is 0 Å². The van der Waals surface area contributed by atoms with E-state index in [9.17, 15) is 14.2 Å². The lowest BCUT2D eigenvalue weighted by molar-refractivity contribution is -0.161. The Morgan fingerprint density at radius 2 is 1.43 bits per heavy atom. The minimum Gasteiger partial charge on any atom is -0.469 e. The van der Waals surface area contributed by atoms with Crippen LogP contribution in [0, 0.1) is 0 Å². The van der Waals surface area contributed by atoms with Gasteiger partial charge in [0.25, 0.3) is 0 Å². The van der Waals surface area contributed by atoms with E-state index in [0.717, 1.165) is 5.56 Å². The molecule has 0 spiro atoms. The van der Waals surface area contributed by atoms with Gasteiger partial charge in [0.2, 0.25) is 5.60 Å². The quantitative estimate of drug-likeness (QED) is 0.171. The first-order valence-electron chi connectivity index (χ1n) is 13.2. The highest BCUT2D eigenvalue weighted by molar-refractivity contribution is 7.48. The molecule has 1 heterocycles. The number of phosphoric ester groups is 1. The van der Waals surface area contributed by atoms with Crippen LogP contribution in [-0.2, 0) is 38.9 Å². The lowest BCUT2D eigenvalue weighted by atomic mass is 9.75. The monoisotopic (exact) mass is 564 g/mol. The minimum atomic E-state index is -4.09. The molecule has 3 aromatic carbocycles. The Morgan fingerprint density at radius 3 is 2.05 bits per heavy atom. The number of ketones is 1. The Labute approximate surface area is 234 Å². The van der Waals surface area contributed by atoms with E-state index < -0.39 is 25.3 Å². The van der Waals surface area contributed by atoms with Gasteiger partial charge in [0.15, 0.2) is 0 Å². The van der Waals surface area contributed by atoms with E-state index in [1.54, 1.807) is 69.3 Å². The van der Waals surface area contributed by atoms with Crippen LogP contribution in [0.3, 0.4) is 0 Å². The predicted molar refractivity (Wildman–Crippen MR) is 151 cm³/mol. The van der Waals surface area contributed by atoms with Gasteiger partial charge in [0.1, 0.15) is 17.3 Å². The number of ether oxygens (including phenoxy) is 2. The number of para-hydroxylation sites is 1. The summed E-state index contributed by atoms with van der Waals surface area (Å²) in [5.41, 5.74) is -0.245. The summed E-state index contributed by atoms with van der Waals surface area (Å²) < 4.78 is 42.2. The van der Waals surface area contributed by atoms with E-state index >= 15 is 0 Å². The third-order valence-corrected chi connectivity index (χ3v) is 7.83. The third kappa shape index (κ3) is 6.36. The third-order valence-electron chi connectivity index (χ3n) is 6.26. The van der Waals surface area contributed by atoms with Crippen molar-refractivity contribution >= 4 is 25.3 Å². The number of carbonyl (C=O) groups excluding carboxylic acids is 2. The van der Waals surface area contributed by atoms with Crippen LogP contribution in [0.5, 0.6) is 5.75 Å². The maximum absolute atomic E-state index is 14.2. The van der Waals surface area contributed by atoms with Crippen molar-refractivity contribution in [3.8, 4) is 5.75 Å². The van der Waals surface area contributed by atoms with Crippen LogP contribution >= 0.6 is 7.82 Å². The highest BCUT2D eigenvalue weighted by atomic mass is 31.2. The largest absolute Gasteiger partial charge is 0.530 e. The summed E-state index contributed by atoms with van der Waals surface area (Å²) in [5.74, 6) is -1.94. The Hall–Kier alpha value is -3.71. The van der Waals surface area contributed by atoms with Crippen LogP contribution in [0.1, 0.15) is 43.4 Å². The molecule has 0 aliphatic carbocycles. The number of Topliss-reactive ketones (excluding diaryl/α,β-unsaturated/α-hetero) is 1. The SMILES string of the molecule is CCOC(=O)C1(C(C(=O)Cc2ccccc2)c2ccccc2)C=C(OP(=O)(OCC)OCC)c2ccccc2O1. The Balaban J connectivity index is 1.94. The lowest BCUT2D eigenvalue weighted by Gasteiger charge is -2.39. The van der Waals surface area contributed by atoms with Gasteiger partial charge in [0, 0.05) is 12.5 Å². The molecule has 2 atom stereocenters. The summed E-state index contributed by atoms with van der Waals surface area (Å²) in [6.45, 7) is 5.17. The van der Waals surface area contributed by atoms with Gasteiger partial charge in [-0.3, -0.25) is 13.8 Å². The second-order valence-corrected chi connectivity index (χ2v) is 10.6. The highest BCUT2D eigenvalue weighted by Gasteiger charge is 2.55. The van der Waals surface area contributed by atoms with Crippen molar-refractivity contribution in [3.63, 3.8) is 0 Å². The topological polar surface area (TPSA) is 97.4 Å². The minimum absolute atomic E-state index is 0.0218. The molecular weight excluding hydrogens is 531 g/mol. The maximum atomic E-state index is 14.2. The standard InChI is InChI=1S/C31H33O8P/c1-4-35-30(33)31(29(24-17-11-8-12-18-24)26(32)21-23-15-9-7-10-16-23)22-28(25-19-13-14-20-27(25)38-31)39-40(34,36-5-2)37-6-3/h7-20,22,29H,4-6,21H2,1-3H3. The second-order valence-electron chi connectivity index (χ2n) is 8.97. The zero-order chi connectivity index (χ0) is 28.6. The van der Waals surface area contributed by atoms with Crippen molar-refractivity contribution in [3.05, 3.63) is 108 Å². The average Bonchev–Trinajstić information content (AvgIpc) is 2.94. The molecular formula is C31H33O8P. The molecule has 0 amide bonds. The van der Waals surface area contributed by atoms with Gasteiger partial charge in [-0.05, 0) is 44.0 Å². The van der Waals surface area contributed by atoms with Crippen LogP contribution in [-0.4, -0.2) is 37.2 Å². The molecule has 0 saturated carbocycles. The second kappa shape index (κ2) is 13.1. The van der Waals surface area contributed by atoms with E-state index in [0.29, 0.717) is 11.1 Å².